The molecule has 0 aliphatic heterocycles. The SMILES string of the molecule is O=C(Nc1ccc2nc(-c3ccc(-c4nc5ccc(NC(=O)C6CCCCC6)cc5[nH]4)cc3)[nH]c2c1)C1CCCCC1. The van der Waals surface area contributed by atoms with Crippen LogP contribution >= 0.6 is 0 Å². The number of H-pyrrole nitrogens is 2. The Labute approximate surface area is 244 Å². The monoisotopic (exact) mass is 560 g/mol. The highest BCUT2D eigenvalue weighted by Gasteiger charge is 2.22. The van der Waals surface area contributed by atoms with Gasteiger partial charge < -0.3 is 20.6 Å². The maximum Gasteiger partial charge on any atom is 0.227 e. The third kappa shape index (κ3) is 5.53. The molecule has 2 heterocycles. The van der Waals surface area contributed by atoms with Crippen LogP contribution in [0.2, 0.25) is 0 Å². The Kier molecular flexibility index (Phi) is 7.20. The molecule has 0 atom stereocenters. The molecule has 8 heteroatoms. The average molecular weight is 561 g/mol. The highest BCUT2D eigenvalue weighted by atomic mass is 16.2. The second-order valence-electron chi connectivity index (χ2n) is 11.9. The lowest BCUT2D eigenvalue weighted by Crippen LogP contribution is -2.24. The van der Waals surface area contributed by atoms with E-state index >= 15 is 0 Å². The minimum Gasteiger partial charge on any atom is -0.338 e. The lowest BCUT2D eigenvalue weighted by molar-refractivity contribution is -0.121. The van der Waals surface area contributed by atoms with E-state index < -0.39 is 0 Å². The fraction of sp³-hybridized carbons (Fsp3) is 0.353. The van der Waals surface area contributed by atoms with Crippen LogP contribution in [0.25, 0.3) is 44.8 Å². The number of carbonyl (C=O) groups excluding carboxylic acids is 2. The Morgan fingerprint density at radius 3 is 1.38 bits per heavy atom. The molecule has 0 saturated heterocycles. The molecule has 4 N–H and O–H groups in total. The van der Waals surface area contributed by atoms with Crippen LogP contribution in [0.3, 0.4) is 0 Å². The lowest BCUT2D eigenvalue weighted by atomic mass is 9.88. The van der Waals surface area contributed by atoms with Crippen molar-refractivity contribution in [3.8, 4) is 22.8 Å². The summed E-state index contributed by atoms with van der Waals surface area (Å²) < 4.78 is 0. The topological polar surface area (TPSA) is 116 Å². The zero-order chi connectivity index (χ0) is 28.5. The van der Waals surface area contributed by atoms with E-state index in [-0.39, 0.29) is 23.7 Å². The van der Waals surface area contributed by atoms with Crippen LogP contribution in [0, 0.1) is 11.8 Å². The van der Waals surface area contributed by atoms with Crippen LogP contribution in [0.1, 0.15) is 64.2 Å². The second kappa shape index (κ2) is 11.4. The maximum absolute atomic E-state index is 12.7. The van der Waals surface area contributed by atoms with E-state index in [0.717, 1.165) is 108 Å². The summed E-state index contributed by atoms with van der Waals surface area (Å²) in [7, 11) is 0. The summed E-state index contributed by atoms with van der Waals surface area (Å²) >= 11 is 0. The predicted molar refractivity (Wildman–Crippen MR) is 167 cm³/mol. The highest BCUT2D eigenvalue weighted by molar-refractivity contribution is 5.96. The molecule has 2 aliphatic carbocycles. The zero-order valence-corrected chi connectivity index (χ0v) is 23.7. The van der Waals surface area contributed by atoms with Crippen LogP contribution in [-0.4, -0.2) is 31.8 Å². The number of fused-ring (bicyclic) bond motifs is 2. The Hall–Kier alpha value is -4.46. The number of rotatable bonds is 6. The van der Waals surface area contributed by atoms with Gasteiger partial charge in [-0.05, 0) is 62.1 Å². The van der Waals surface area contributed by atoms with E-state index in [0.29, 0.717) is 0 Å². The predicted octanol–water partition coefficient (Wildman–Crippen LogP) is 7.81. The number of anilines is 2. The van der Waals surface area contributed by atoms with Gasteiger partial charge in [0, 0.05) is 34.3 Å². The summed E-state index contributed by atoms with van der Waals surface area (Å²) in [5, 5.41) is 6.20. The molecule has 7 rings (SSSR count). The molecule has 0 bridgehead atoms. The molecule has 3 aromatic carbocycles. The van der Waals surface area contributed by atoms with Crippen LogP contribution in [0.5, 0.6) is 0 Å². The first-order valence-electron chi connectivity index (χ1n) is 15.3. The fourth-order valence-corrected chi connectivity index (χ4v) is 6.45. The van der Waals surface area contributed by atoms with Crippen molar-refractivity contribution in [2.45, 2.75) is 64.2 Å². The fourth-order valence-electron chi connectivity index (χ4n) is 6.45. The number of aromatic nitrogens is 4. The normalized spacial score (nSPS) is 16.6. The van der Waals surface area contributed by atoms with Crippen molar-refractivity contribution in [3.63, 3.8) is 0 Å². The number of hydrogen-bond donors (Lipinski definition) is 4. The number of imidazole rings is 2. The molecule has 0 unspecified atom stereocenters. The molecule has 2 saturated carbocycles. The van der Waals surface area contributed by atoms with E-state index in [1.54, 1.807) is 0 Å². The number of aromatic amines is 2. The van der Waals surface area contributed by atoms with Gasteiger partial charge in [0.15, 0.2) is 0 Å². The summed E-state index contributed by atoms with van der Waals surface area (Å²) in [6, 6.07) is 19.8. The van der Waals surface area contributed by atoms with Crippen molar-refractivity contribution in [3.05, 3.63) is 60.7 Å². The van der Waals surface area contributed by atoms with Crippen molar-refractivity contribution in [2.75, 3.05) is 10.6 Å². The molecule has 0 spiro atoms. The van der Waals surface area contributed by atoms with Crippen molar-refractivity contribution in [1.29, 1.82) is 0 Å². The molecule has 42 heavy (non-hydrogen) atoms. The zero-order valence-electron chi connectivity index (χ0n) is 23.7. The molecule has 2 fully saturated rings. The molecule has 0 radical (unpaired) electrons. The quantitative estimate of drug-likeness (QED) is 0.169. The third-order valence-corrected chi connectivity index (χ3v) is 8.88. The Morgan fingerprint density at radius 1 is 0.571 bits per heavy atom. The van der Waals surface area contributed by atoms with Gasteiger partial charge in [-0.25, -0.2) is 9.97 Å². The van der Waals surface area contributed by atoms with Crippen LogP contribution in [0.15, 0.2) is 60.7 Å². The molecule has 2 aromatic heterocycles. The van der Waals surface area contributed by atoms with Crippen molar-refractivity contribution in [1.82, 2.24) is 19.9 Å². The minimum atomic E-state index is 0.117. The van der Waals surface area contributed by atoms with Crippen LogP contribution in [-0.2, 0) is 9.59 Å². The summed E-state index contributed by atoms with van der Waals surface area (Å²) in [5.41, 5.74) is 7.01. The van der Waals surface area contributed by atoms with Gasteiger partial charge in [0.05, 0.1) is 22.1 Å². The van der Waals surface area contributed by atoms with E-state index in [9.17, 15) is 9.59 Å². The standard InChI is InChI=1S/C34H36N6O2/c41-33(23-7-3-1-4-8-23)35-25-15-17-27-29(19-25)39-31(37-27)21-11-13-22(14-12-21)32-38-28-18-16-26(20-30(28)40-32)36-34(42)24-9-5-2-6-10-24/h11-20,23-24H,1-10H2,(H,35,41)(H,36,42)(H,37,39)(H,38,40). The Morgan fingerprint density at radius 2 is 0.976 bits per heavy atom. The van der Waals surface area contributed by atoms with Crippen molar-refractivity contribution >= 4 is 45.3 Å². The largest absolute Gasteiger partial charge is 0.338 e. The smallest absolute Gasteiger partial charge is 0.227 e. The third-order valence-electron chi connectivity index (χ3n) is 8.88. The van der Waals surface area contributed by atoms with Gasteiger partial charge >= 0.3 is 0 Å². The minimum absolute atomic E-state index is 0.117. The van der Waals surface area contributed by atoms with Gasteiger partial charge in [-0.1, -0.05) is 62.8 Å². The number of amides is 2. The number of nitrogens with one attached hydrogen (secondary N) is 4. The highest BCUT2D eigenvalue weighted by Crippen LogP contribution is 2.29. The van der Waals surface area contributed by atoms with Gasteiger partial charge in [0.25, 0.3) is 0 Å². The van der Waals surface area contributed by atoms with E-state index in [2.05, 4.69) is 20.6 Å². The van der Waals surface area contributed by atoms with Gasteiger partial charge in [0.2, 0.25) is 11.8 Å². The number of hydrogen-bond acceptors (Lipinski definition) is 4. The van der Waals surface area contributed by atoms with Gasteiger partial charge in [-0.15, -0.1) is 0 Å². The maximum atomic E-state index is 12.7. The van der Waals surface area contributed by atoms with Gasteiger partial charge in [-0.3, -0.25) is 9.59 Å². The summed E-state index contributed by atoms with van der Waals surface area (Å²) in [6.07, 6.45) is 10.9. The summed E-state index contributed by atoms with van der Waals surface area (Å²) in [6.45, 7) is 0. The molecular formula is C34H36N6O2. The van der Waals surface area contributed by atoms with Gasteiger partial charge in [-0.2, -0.15) is 0 Å². The van der Waals surface area contributed by atoms with Crippen LogP contribution in [0.4, 0.5) is 11.4 Å². The number of benzene rings is 3. The molecule has 2 aliphatic rings. The molecule has 5 aromatic rings. The Balaban J connectivity index is 1.05. The molecule has 214 valence electrons. The molecule has 2 amide bonds. The second-order valence-corrected chi connectivity index (χ2v) is 11.9. The first kappa shape index (κ1) is 26.4. The van der Waals surface area contributed by atoms with Crippen molar-refractivity contribution < 1.29 is 9.59 Å². The summed E-state index contributed by atoms with van der Waals surface area (Å²) in [5.74, 6) is 2.02. The summed E-state index contributed by atoms with van der Waals surface area (Å²) in [4.78, 5) is 41.8. The Bertz CT molecular complexity index is 1610. The molecular weight excluding hydrogens is 524 g/mol. The van der Waals surface area contributed by atoms with E-state index in [4.69, 9.17) is 9.97 Å². The first-order valence-corrected chi connectivity index (χ1v) is 15.3. The number of nitrogens with zero attached hydrogens (tertiary/aromatic N) is 2. The van der Waals surface area contributed by atoms with E-state index in [1.807, 2.05) is 60.7 Å². The lowest BCUT2D eigenvalue weighted by Gasteiger charge is -2.20. The van der Waals surface area contributed by atoms with E-state index in [1.165, 1.54) is 12.8 Å². The van der Waals surface area contributed by atoms with Gasteiger partial charge in [0.1, 0.15) is 11.6 Å². The van der Waals surface area contributed by atoms with Crippen molar-refractivity contribution in [2.24, 2.45) is 11.8 Å². The average Bonchev–Trinajstić information content (AvgIpc) is 3.66. The van der Waals surface area contributed by atoms with Crippen LogP contribution < -0.4 is 10.6 Å². The number of carbonyl (C=O) groups is 2. The molecule has 8 nitrogen and oxygen atoms in total. The first-order chi connectivity index (χ1) is 20.6.